The fourth-order valence-electron chi connectivity index (χ4n) is 1.61. The Morgan fingerprint density at radius 2 is 1.80 bits per heavy atom. The average Bonchev–Trinajstić information content (AvgIpc) is 2.16. The van der Waals surface area contributed by atoms with Gasteiger partial charge in [-0.15, -0.1) is 0 Å². The minimum absolute atomic E-state index is 0.529. The van der Waals surface area contributed by atoms with Gasteiger partial charge in [0.25, 0.3) is 0 Å². The van der Waals surface area contributed by atoms with Gasteiger partial charge in [-0.1, -0.05) is 29.8 Å². The SMILES string of the molecule is Cc1ccc(CNC(C)CN(C)C)cc1. The average molecular weight is 206 g/mol. The number of aryl methyl sites for hydroxylation is 1. The number of hydrogen-bond donors (Lipinski definition) is 1. The zero-order chi connectivity index (χ0) is 11.3. The van der Waals surface area contributed by atoms with Crippen molar-refractivity contribution in [1.82, 2.24) is 10.2 Å². The maximum Gasteiger partial charge on any atom is 0.0208 e. The quantitative estimate of drug-likeness (QED) is 0.793. The predicted octanol–water partition coefficient (Wildman–Crippen LogP) is 2.03. The van der Waals surface area contributed by atoms with Crippen molar-refractivity contribution in [3.8, 4) is 0 Å². The minimum Gasteiger partial charge on any atom is -0.309 e. The Morgan fingerprint density at radius 1 is 1.20 bits per heavy atom. The highest BCUT2D eigenvalue weighted by Crippen LogP contribution is 2.02. The first kappa shape index (κ1) is 12.2. The van der Waals surface area contributed by atoms with Crippen LogP contribution in [0.4, 0.5) is 0 Å². The molecule has 1 atom stereocenters. The topological polar surface area (TPSA) is 15.3 Å². The van der Waals surface area contributed by atoms with Crippen LogP contribution in [0.1, 0.15) is 18.1 Å². The van der Waals surface area contributed by atoms with E-state index in [-0.39, 0.29) is 0 Å². The lowest BCUT2D eigenvalue weighted by atomic mass is 10.1. The van der Waals surface area contributed by atoms with Crippen LogP contribution < -0.4 is 5.32 Å². The lowest BCUT2D eigenvalue weighted by molar-refractivity contribution is 0.349. The van der Waals surface area contributed by atoms with E-state index in [0.29, 0.717) is 6.04 Å². The summed E-state index contributed by atoms with van der Waals surface area (Å²) in [7, 11) is 4.20. The minimum atomic E-state index is 0.529. The monoisotopic (exact) mass is 206 g/mol. The standard InChI is InChI=1S/C13H22N2/c1-11-5-7-13(8-6-11)9-14-12(2)10-15(3)4/h5-8,12,14H,9-10H2,1-4H3. The van der Waals surface area contributed by atoms with Gasteiger partial charge in [0.2, 0.25) is 0 Å². The summed E-state index contributed by atoms with van der Waals surface area (Å²) in [6.07, 6.45) is 0. The molecule has 1 aromatic rings. The van der Waals surface area contributed by atoms with Gasteiger partial charge in [-0.05, 0) is 33.5 Å². The molecule has 0 amide bonds. The van der Waals surface area contributed by atoms with E-state index < -0.39 is 0 Å². The summed E-state index contributed by atoms with van der Waals surface area (Å²) in [5.41, 5.74) is 2.67. The zero-order valence-corrected chi connectivity index (χ0v) is 10.2. The van der Waals surface area contributed by atoms with Crippen LogP contribution in [-0.4, -0.2) is 31.6 Å². The summed E-state index contributed by atoms with van der Waals surface area (Å²) in [6, 6.07) is 9.22. The molecule has 0 aliphatic heterocycles. The largest absolute Gasteiger partial charge is 0.309 e. The third-order valence-corrected chi connectivity index (χ3v) is 2.41. The molecule has 0 saturated carbocycles. The number of nitrogens with one attached hydrogen (secondary N) is 1. The molecule has 0 saturated heterocycles. The van der Waals surface area contributed by atoms with Crippen molar-refractivity contribution in [2.24, 2.45) is 0 Å². The number of nitrogens with zero attached hydrogens (tertiary/aromatic N) is 1. The van der Waals surface area contributed by atoms with E-state index in [0.717, 1.165) is 13.1 Å². The van der Waals surface area contributed by atoms with Crippen molar-refractivity contribution in [1.29, 1.82) is 0 Å². The van der Waals surface area contributed by atoms with Crippen LogP contribution in [0.25, 0.3) is 0 Å². The first-order chi connectivity index (χ1) is 7.08. The van der Waals surface area contributed by atoms with Crippen LogP contribution >= 0.6 is 0 Å². The van der Waals surface area contributed by atoms with Gasteiger partial charge in [0.1, 0.15) is 0 Å². The Morgan fingerprint density at radius 3 is 2.33 bits per heavy atom. The van der Waals surface area contributed by atoms with Crippen molar-refractivity contribution >= 4 is 0 Å². The van der Waals surface area contributed by atoms with E-state index >= 15 is 0 Å². The van der Waals surface area contributed by atoms with Crippen LogP contribution in [0.2, 0.25) is 0 Å². The molecule has 0 aliphatic carbocycles. The van der Waals surface area contributed by atoms with Gasteiger partial charge in [0, 0.05) is 19.1 Å². The lowest BCUT2D eigenvalue weighted by Crippen LogP contribution is -2.35. The van der Waals surface area contributed by atoms with E-state index in [1.165, 1.54) is 11.1 Å². The second-order valence-electron chi connectivity index (χ2n) is 4.53. The summed E-state index contributed by atoms with van der Waals surface area (Å²) in [5, 5.41) is 3.51. The molecule has 1 rings (SSSR count). The Bertz CT molecular complexity index is 277. The highest BCUT2D eigenvalue weighted by Gasteiger charge is 2.02. The molecule has 1 unspecified atom stereocenters. The Balaban J connectivity index is 2.33. The van der Waals surface area contributed by atoms with Crippen molar-refractivity contribution in [3.05, 3.63) is 35.4 Å². The normalized spacial score (nSPS) is 13.1. The van der Waals surface area contributed by atoms with Gasteiger partial charge < -0.3 is 10.2 Å². The Hall–Kier alpha value is -0.860. The fraction of sp³-hybridized carbons (Fsp3) is 0.538. The van der Waals surface area contributed by atoms with Gasteiger partial charge in [0.05, 0.1) is 0 Å². The molecular weight excluding hydrogens is 184 g/mol. The molecule has 84 valence electrons. The van der Waals surface area contributed by atoms with Gasteiger partial charge in [-0.25, -0.2) is 0 Å². The van der Waals surface area contributed by atoms with Crippen LogP contribution in [0.5, 0.6) is 0 Å². The highest BCUT2D eigenvalue weighted by atomic mass is 15.1. The van der Waals surface area contributed by atoms with Gasteiger partial charge >= 0.3 is 0 Å². The van der Waals surface area contributed by atoms with E-state index in [4.69, 9.17) is 0 Å². The Kier molecular flexibility index (Phi) is 4.79. The molecule has 0 bridgehead atoms. The molecule has 0 radical (unpaired) electrons. The maximum absolute atomic E-state index is 3.51. The molecule has 1 N–H and O–H groups in total. The highest BCUT2D eigenvalue weighted by molar-refractivity contribution is 5.21. The van der Waals surface area contributed by atoms with Crippen molar-refractivity contribution in [3.63, 3.8) is 0 Å². The third kappa shape index (κ3) is 4.96. The second-order valence-corrected chi connectivity index (χ2v) is 4.53. The van der Waals surface area contributed by atoms with Crippen LogP contribution in [0.15, 0.2) is 24.3 Å². The summed E-state index contributed by atoms with van der Waals surface area (Å²) in [6.45, 7) is 6.36. The molecule has 0 fully saturated rings. The molecule has 2 nitrogen and oxygen atoms in total. The van der Waals surface area contributed by atoms with Crippen molar-refractivity contribution < 1.29 is 0 Å². The van der Waals surface area contributed by atoms with Crippen LogP contribution in [0.3, 0.4) is 0 Å². The lowest BCUT2D eigenvalue weighted by Gasteiger charge is -2.18. The molecule has 0 aromatic heterocycles. The van der Waals surface area contributed by atoms with Crippen LogP contribution in [0, 0.1) is 6.92 Å². The molecule has 15 heavy (non-hydrogen) atoms. The summed E-state index contributed by atoms with van der Waals surface area (Å²) in [5.74, 6) is 0. The Labute approximate surface area is 93.3 Å². The van der Waals surface area contributed by atoms with E-state index in [9.17, 15) is 0 Å². The zero-order valence-electron chi connectivity index (χ0n) is 10.2. The first-order valence-corrected chi connectivity index (χ1v) is 5.51. The number of likely N-dealkylation sites (N-methyl/N-ethyl adjacent to an activating group) is 1. The summed E-state index contributed by atoms with van der Waals surface area (Å²) < 4.78 is 0. The van der Waals surface area contributed by atoms with Crippen molar-refractivity contribution in [2.75, 3.05) is 20.6 Å². The second kappa shape index (κ2) is 5.89. The number of benzene rings is 1. The van der Waals surface area contributed by atoms with E-state index in [2.05, 4.69) is 62.4 Å². The molecule has 1 aromatic carbocycles. The fourth-order valence-corrected chi connectivity index (χ4v) is 1.61. The predicted molar refractivity (Wildman–Crippen MR) is 66.0 cm³/mol. The van der Waals surface area contributed by atoms with E-state index in [1.807, 2.05) is 0 Å². The molecular formula is C13H22N2. The first-order valence-electron chi connectivity index (χ1n) is 5.51. The van der Waals surface area contributed by atoms with Gasteiger partial charge in [0.15, 0.2) is 0 Å². The number of rotatable bonds is 5. The van der Waals surface area contributed by atoms with Crippen LogP contribution in [-0.2, 0) is 6.54 Å². The maximum atomic E-state index is 3.51. The summed E-state index contributed by atoms with van der Waals surface area (Å²) >= 11 is 0. The summed E-state index contributed by atoms with van der Waals surface area (Å²) in [4.78, 5) is 2.20. The number of hydrogen-bond acceptors (Lipinski definition) is 2. The van der Waals surface area contributed by atoms with Gasteiger partial charge in [-0.3, -0.25) is 0 Å². The smallest absolute Gasteiger partial charge is 0.0208 e. The molecule has 2 heteroatoms. The third-order valence-electron chi connectivity index (χ3n) is 2.41. The molecule has 0 spiro atoms. The molecule has 0 heterocycles. The van der Waals surface area contributed by atoms with Crippen molar-refractivity contribution in [2.45, 2.75) is 26.4 Å². The van der Waals surface area contributed by atoms with Gasteiger partial charge in [-0.2, -0.15) is 0 Å². The molecule has 0 aliphatic rings. The van der Waals surface area contributed by atoms with E-state index in [1.54, 1.807) is 0 Å².